The molecular formula is C6H32N15P3. The van der Waals surface area contributed by atoms with Gasteiger partial charge in [0.2, 0.25) is 0 Å². The third-order valence-electron chi connectivity index (χ3n) is 4.34. The monoisotopic (exact) mass is 407 g/mol. The fraction of sp³-hybridized carbons (Fsp3) is 1.00. The molecule has 1 aliphatic heterocycles. The Hall–Kier alpha value is 0.400. The molecule has 1 aliphatic rings. The number of nitrogens with one attached hydrogen (secondary N) is 2. The molecule has 0 fully saturated rings. The van der Waals surface area contributed by atoms with Crippen LogP contribution in [0, 0.1) is 0 Å². The zero-order chi connectivity index (χ0) is 19.2. The van der Waals surface area contributed by atoms with Crippen LogP contribution in [-0.4, -0.2) is 71.0 Å². The molecule has 0 amide bonds. The molecule has 15 nitrogen and oxygen atoms in total. The number of hydrogen-bond donors (Lipinski definition) is 8. The number of nitrogens with zero attached hydrogens (tertiary/aromatic N) is 7. The van der Waals surface area contributed by atoms with Crippen LogP contribution in [0.25, 0.3) is 0 Å². The van der Waals surface area contributed by atoms with Crippen molar-refractivity contribution < 1.29 is 0 Å². The number of rotatable bonds is 6. The Balaban J connectivity index is 3.97. The van der Waals surface area contributed by atoms with Gasteiger partial charge >= 0.3 is 143 Å². The van der Waals surface area contributed by atoms with E-state index in [0.717, 1.165) is 0 Å². The van der Waals surface area contributed by atoms with Crippen molar-refractivity contribution in [3.63, 3.8) is 0 Å². The van der Waals surface area contributed by atoms with Gasteiger partial charge in [-0.3, -0.25) is 0 Å². The van der Waals surface area contributed by atoms with Crippen LogP contribution in [0.15, 0.2) is 4.52 Å². The van der Waals surface area contributed by atoms with E-state index in [0.29, 0.717) is 8.52 Å². The maximum absolute atomic E-state index is 6.24. The summed E-state index contributed by atoms with van der Waals surface area (Å²) in [7, 11) is 2.11. The molecule has 0 radical (unpaired) electrons. The van der Waals surface area contributed by atoms with Crippen LogP contribution in [-0.2, 0) is 0 Å². The van der Waals surface area contributed by atoms with Crippen LogP contribution in [0.1, 0.15) is 0 Å². The Morgan fingerprint density at radius 2 is 1.00 bits per heavy atom. The topological polar surface area (TPSA) is 212 Å². The van der Waals surface area contributed by atoms with Crippen molar-refractivity contribution >= 4 is 23.2 Å². The van der Waals surface area contributed by atoms with Gasteiger partial charge in [0.25, 0.3) is 0 Å². The van der Waals surface area contributed by atoms with Crippen LogP contribution in [0.2, 0.25) is 0 Å². The van der Waals surface area contributed by atoms with Crippen molar-refractivity contribution in [3.8, 4) is 0 Å². The van der Waals surface area contributed by atoms with Gasteiger partial charge < -0.3 is 0 Å². The molecule has 1 rings (SSSR count). The van der Waals surface area contributed by atoms with E-state index in [4.69, 9.17) is 35.1 Å². The van der Waals surface area contributed by atoms with Gasteiger partial charge in [-0.2, -0.15) is 0 Å². The molecule has 0 aliphatic carbocycles. The summed E-state index contributed by atoms with van der Waals surface area (Å²) in [6.45, 7) is 0. The van der Waals surface area contributed by atoms with Gasteiger partial charge in [-0.25, -0.2) is 0 Å². The first-order valence-electron chi connectivity index (χ1n) is 6.73. The molecule has 0 aromatic carbocycles. The van der Waals surface area contributed by atoms with Crippen LogP contribution in [0.5, 0.6) is 0 Å². The fourth-order valence-electron chi connectivity index (χ4n) is 2.72. The van der Waals surface area contributed by atoms with Gasteiger partial charge in [0, 0.05) is 0 Å². The Labute approximate surface area is 144 Å². The van der Waals surface area contributed by atoms with Gasteiger partial charge in [0.05, 0.1) is 0 Å². The zero-order valence-electron chi connectivity index (χ0n) is 14.9. The third-order valence-corrected chi connectivity index (χ3v) is 17.8. The molecule has 1 heterocycles. The first-order valence-corrected chi connectivity index (χ1v) is 11.7. The zero-order valence-corrected chi connectivity index (χ0v) is 17.6. The maximum atomic E-state index is 6.24. The van der Waals surface area contributed by atoms with Gasteiger partial charge in [0.1, 0.15) is 0 Å². The molecule has 0 spiro atoms. The summed E-state index contributed by atoms with van der Waals surface area (Å²) in [5.41, 5.74) is 0. The van der Waals surface area contributed by atoms with Gasteiger partial charge in [-0.05, 0) is 0 Å². The number of hydrazine groups is 6. The Bertz CT molecular complexity index is 452. The average molecular weight is 407 g/mol. The van der Waals surface area contributed by atoms with E-state index in [9.17, 15) is 0 Å². The van der Waals surface area contributed by atoms with Crippen LogP contribution in [0.4, 0.5) is 0 Å². The van der Waals surface area contributed by atoms with Crippen molar-refractivity contribution in [2.24, 2.45) is 39.6 Å². The standard InChI is InChI=1S/C6H32N15P3/c1-16(7)23(17(2)8,18(3)9)13-22-14-24(15-23,19(4)10,20(5)11)21(6)12/h15H,7-12H2,1-6H3,(H,13,14). The quantitative estimate of drug-likeness (QED) is 0.128. The van der Waals surface area contributed by atoms with Crippen LogP contribution >= 0.6 is 23.2 Å². The average Bonchev–Trinajstić information content (AvgIpc) is 2.45. The predicted octanol–water partition coefficient (Wildman–Crippen LogP) is -2.69. The molecule has 14 N–H and O–H groups in total. The minimum atomic E-state index is -4.04. The van der Waals surface area contributed by atoms with E-state index in [1.165, 1.54) is 28.7 Å². The second-order valence-corrected chi connectivity index (χ2v) is 15.9. The van der Waals surface area contributed by atoms with Crippen LogP contribution in [0.3, 0.4) is 0 Å². The fourth-order valence-corrected chi connectivity index (χ4v) is 17.6. The second kappa shape index (κ2) is 6.53. The molecule has 0 aromatic rings. The van der Waals surface area contributed by atoms with Gasteiger partial charge in [-0.15, -0.1) is 0 Å². The Kier molecular flexibility index (Phi) is 6.11. The van der Waals surface area contributed by atoms with Gasteiger partial charge in [0.15, 0.2) is 0 Å². The Morgan fingerprint density at radius 1 is 0.667 bits per heavy atom. The summed E-state index contributed by atoms with van der Waals surface area (Å²) >= 11 is 0. The molecule has 24 heavy (non-hydrogen) atoms. The third kappa shape index (κ3) is 2.33. The summed E-state index contributed by atoms with van der Waals surface area (Å²) in [6.07, 6.45) is 0. The SMILES string of the molecule is CN(N)P1(N(C)N)(N(C)N)N=PNP(N(C)N)(N(C)N)(N(C)N)N1. The molecule has 0 bridgehead atoms. The first-order chi connectivity index (χ1) is 10.7. The first kappa shape index (κ1) is 22.4. The summed E-state index contributed by atoms with van der Waals surface area (Å²) in [4.78, 5) is 6.59. The van der Waals surface area contributed by atoms with E-state index >= 15 is 0 Å². The van der Waals surface area contributed by atoms with Crippen molar-refractivity contribution in [2.75, 3.05) is 42.3 Å². The normalized spacial score (nSPS) is 28.9. The molecular weight excluding hydrogens is 375 g/mol. The molecule has 18 heteroatoms. The van der Waals surface area contributed by atoms with Crippen molar-refractivity contribution in [3.05, 3.63) is 0 Å². The number of nitrogens with two attached hydrogens (primary N) is 6. The second-order valence-electron chi connectivity index (χ2n) is 5.75. The minimum absolute atomic E-state index is 0.388. The summed E-state index contributed by atoms with van der Waals surface area (Å²) in [5.74, 6) is 37.4. The molecule has 0 aromatic heterocycles. The van der Waals surface area contributed by atoms with E-state index in [2.05, 4.69) is 14.2 Å². The molecule has 0 atom stereocenters. The van der Waals surface area contributed by atoms with E-state index < -0.39 is 14.7 Å². The molecule has 0 saturated carbocycles. The van der Waals surface area contributed by atoms with Crippen molar-refractivity contribution in [1.29, 1.82) is 0 Å². The van der Waals surface area contributed by atoms with Crippen molar-refractivity contribution in [1.82, 2.24) is 38.4 Å². The van der Waals surface area contributed by atoms with Crippen molar-refractivity contribution in [2.45, 2.75) is 0 Å². The predicted molar refractivity (Wildman–Crippen MR) is 101 cm³/mol. The number of hydrogen-bond acceptors (Lipinski definition) is 15. The van der Waals surface area contributed by atoms with E-state index in [1.807, 2.05) is 0 Å². The van der Waals surface area contributed by atoms with E-state index in [1.54, 1.807) is 42.3 Å². The Morgan fingerprint density at radius 3 is 1.25 bits per heavy atom. The van der Waals surface area contributed by atoms with Crippen LogP contribution < -0.4 is 44.8 Å². The van der Waals surface area contributed by atoms with E-state index in [-0.39, 0.29) is 0 Å². The summed E-state index contributed by atoms with van der Waals surface area (Å²) in [6, 6.07) is 0. The summed E-state index contributed by atoms with van der Waals surface area (Å²) < 4.78 is 12.8. The molecule has 146 valence electrons. The summed E-state index contributed by atoms with van der Waals surface area (Å²) in [5, 5.41) is 0. The molecule has 0 unspecified atom stereocenters. The molecule has 0 saturated heterocycles. The van der Waals surface area contributed by atoms with Gasteiger partial charge in [-0.1, -0.05) is 0 Å².